The average Bonchev–Trinajstić information content (AvgIpc) is 2.74. The second-order valence-electron chi connectivity index (χ2n) is 3.58. The van der Waals surface area contributed by atoms with Gasteiger partial charge in [-0.25, -0.2) is 9.97 Å². The standard InChI is InChI=1S/C12H10N4S/c13-11-6-5-8(7-14-11)17-12-15-9-3-1-2-4-10(9)16-12/h1-7H,(H2,13,14)(H,15,16). The minimum atomic E-state index is 0.527. The Balaban J connectivity index is 1.92. The maximum Gasteiger partial charge on any atom is 0.171 e. The number of benzene rings is 1. The van der Waals surface area contributed by atoms with Crippen molar-refractivity contribution >= 4 is 28.6 Å². The number of rotatable bonds is 2. The molecular formula is C12H10N4S. The molecule has 0 fully saturated rings. The summed E-state index contributed by atoms with van der Waals surface area (Å²) in [5.74, 6) is 0.527. The predicted octanol–water partition coefficient (Wildman–Crippen LogP) is 2.69. The number of anilines is 1. The molecular weight excluding hydrogens is 232 g/mol. The molecule has 3 N–H and O–H groups in total. The molecule has 0 atom stereocenters. The molecule has 3 rings (SSSR count). The molecule has 0 bridgehead atoms. The first-order valence-corrected chi connectivity index (χ1v) is 5.97. The molecule has 0 saturated carbocycles. The lowest BCUT2D eigenvalue weighted by Gasteiger charge is -1.97. The maximum atomic E-state index is 5.54. The van der Waals surface area contributed by atoms with Crippen molar-refractivity contribution in [2.45, 2.75) is 10.1 Å². The number of aromatic amines is 1. The normalized spacial score (nSPS) is 10.8. The Labute approximate surface area is 102 Å². The Morgan fingerprint density at radius 3 is 2.76 bits per heavy atom. The smallest absolute Gasteiger partial charge is 0.171 e. The zero-order valence-electron chi connectivity index (χ0n) is 8.92. The van der Waals surface area contributed by atoms with Gasteiger partial charge in [0.1, 0.15) is 5.82 Å². The SMILES string of the molecule is Nc1ccc(Sc2nc3ccccc3[nH]2)cn1. The lowest BCUT2D eigenvalue weighted by molar-refractivity contribution is 1.08. The van der Waals surface area contributed by atoms with E-state index in [4.69, 9.17) is 5.73 Å². The van der Waals surface area contributed by atoms with E-state index in [1.54, 1.807) is 12.3 Å². The van der Waals surface area contributed by atoms with Crippen LogP contribution in [-0.2, 0) is 0 Å². The van der Waals surface area contributed by atoms with Crippen molar-refractivity contribution in [2.24, 2.45) is 0 Å². The van der Waals surface area contributed by atoms with Crippen LogP contribution >= 0.6 is 11.8 Å². The Bertz CT molecular complexity index is 612. The number of pyridine rings is 1. The fourth-order valence-electron chi connectivity index (χ4n) is 1.54. The van der Waals surface area contributed by atoms with Crippen LogP contribution in [-0.4, -0.2) is 15.0 Å². The van der Waals surface area contributed by atoms with E-state index in [1.165, 1.54) is 11.8 Å². The van der Waals surface area contributed by atoms with Crippen molar-refractivity contribution in [3.05, 3.63) is 42.6 Å². The van der Waals surface area contributed by atoms with Crippen LogP contribution in [0.5, 0.6) is 0 Å². The van der Waals surface area contributed by atoms with Gasteiger partial charge < -0.3 is 10.7 Å². The van der Waals surface area contributed by atoms with E-state index in [0.29, 0.717) is 5.82 Å². The highest BCUT2D eigenvalue weighted by Crippen LogP contribution is 2.26. The minimum absolute atomic E-state index is 0.527. The van der Waals surface area contributed by atoms with Gasteiger partial charge in [-0.3, -0.25) is 0 Å². The summed E-state index contributed by atoms with van der Waals surface area (Å²) in [4.78, 5) is 12.8. The third kappa shape index (κ3) is 2.09. The lowest BCUT2D eigenvalue weighted by Crippen LogP contribution is -1.88. The summed E-state index contributed by atoms with van der Waals surface area (Å²) in [6.07, 6.45) is 1.74. The number of fused-ring (bicyclic) bond motifs is 1. The average molecular weight is 242 g/mol. The molecule has 0 radical (unpaired) electrons. The van der Waals surface area contributed by atoms with Crippen LogP contribution in [0.25, 0.3) is 11.0 Å². The Kier molecular flexibility index (Phi) is 2.45. The van der Waals surface area contributed by atoms with E-state index in [2.05, 4.69) is 15.0 Å². The van der Waals surface area contributed by atoms with E-state index in [1.807, 2.05) is 30.3 Å². The second kappa shape index (κ2) is 4.10. The first kappa shape index (κ1) is 10.2. The van der Waals surface area contributed by atoms with Gasteiger partial charge in [-0.2, -0.15) is 0 Å². The van der Waals surface area contributed by atoms with Gasteiger partial charge in [-0.15, -0.1) is 0 Å². The van der Waals surface area contributed by atoms with Crippen molar-refractivity contribution in [3.63, 3.8) is 0 Å². The number of nitrogens with zero attached hydrogens (tertiary/aromatic N) is 2. The highest BCUT2D eigenvalue weighted by Gasteiger charge is 2.03. The zero-order chi connectivity index (χ0) is 11.7. The van der Waals surface area contributed by atoms with Crippen LogP contribution in [0.2, 0.25) is 0 Å². The molecule has 0 aliphatic rings. The second-order valence-corrected chi connectivity index (χ2v) is 4.64. The van der Waals surface area contributed by atoms with Gasteiger partial charge in [0, 0.05) is 11.1 Å². The molecule has 0 aliphatic heterocycles. The molecule has 0 aliphatic carbocycles. The summed E-state index contributed by atoms with van der Waals surface area (Å²) in [5, 5.41) is 0.859. The van der Waals surface area contributed by atoms with Gasteiger partial charge in [0.15, 0.2) is 5.16 Å². The minimum Gasteiger partial charge on any atom is -0.384 e. The topological polar surface area (TPSA) is 67.6 Å². The summed E-state index contributed by atoms with van der Waals surface area (Å²) in [6.45, 7) is 0. The van der Waals surface area contributed by atoms with Gasteiger partial charge in [-0.05, 0) is 24.3 Å². The van der Waals surface area contributed by atoms with Gasteiger partial charge >= 0.3 is 0 Å². The van der Waals surface area contributed by atoms with Gasteiger partial charge in [0.2, 0.25) is 0 Å². The highest BCUT2D eigenvalue weighted by atomic mass is 32.2. The van der Waals surface area contributed by atoms with E-state index < -0.39 is 0 Å². The molecule has 5 heteroatoms. The summed E-state index contributed by atoms with van der Waals surface area (Å²) in [6, 6.07) is 11.7. The number of para-hydroxylation sites is 2. The fraction of sp³-hybridized carbons (Fsp3) is 0. The van der Waals surface area contributed by atoms with Crippen molar-refractivity contribution in [2.75, 3.05) is 5.73 Å². The molecule has 3 aromatic rings. The molecule has 4 nitrogen and oxygen atoms in total. The third-order valence-corrected chi connectivity index (χ3v) is 3.21. The van der Waals surface area contributed by atoms with Crippen LogP contribution in [0, 0.1) is 0 Å². The molecule has 84 valence electrons. The van der Waals surface area contributed by atoms with Crippen LogP contribution in [0.3, 0.4) is 0 Å². The maximum absolute atomic E-state index is 5.54. The van der Waals surface area contributed by atoms with E-state index >= 15 is 0 Å². The van der Waals surface area contributed by atoms with E-state index in [9.17, 15) is 0 Å². The number of imidazole rings is 1. The van der Waals surface area contributed by atoms with Gasteiger partial charge in [0.25, 0.3) is 0 Å². The largest absolute Gasteiger partial charge is 0.384 e. The van der Waals surface area contributed by atoms with Crippen molar-refractivity contribution in [1.82, 2.24) is 15.0 Å². The summed E-state index contributed by atoms with van der Waals surface area (Å²) in [5.41, 5.74) is 7.55. The van der Waals surface area contributed by atoms with E-state index in [0.717, 1.165) is 21.1 Å². The molecule has 0 spiro atoms. The highest BCUT2D eigenvalue weighted by molar-refractivity contribution is 7.99. The number of H-pyrrole nitrogens is 1. The van der Waals surface area contributed by atoms with Gasteiger partial charge in [0.05, 0.1) is 11.0 Å². The molecule has 1 aromatic carbocycles. The lowest BCUT2D eigenvalue weighted by atomic mass is 10.3. The number of hydrogen-bond donors (Lipinski definition) is 2. The molecule has 0 amide bonds. The first-order valence-electron chi connectivity index (χ1n) is 5.15. The van der Waals surface area contributed by atoms with Crippen LogP contribution in [0.1, 0.15) is 0 Å². The number of nitrogens with one attached hydrogen (secondary N) is 1. The van der Waals surface area contributed by atoms with Crippen molar-refractivity contribution < 1.29 is 0 Å². The molecule has 2 aromatic heterocycles. The predicted molar refractivity (Wildman–Crippen MR) is 68.9 cm³/mol. The molecule has 0 unspecified atom stereocenters. The zero-order valence-corrected chi connectivity index (χ0v) is 9.74. The van der Waals surface area contributed by atoms with Crippen LogP contribution < -0.4 is 5.73 Å². The quantitative estimate of drug-likeness (QED) is 0.725. The Hall–Kier alpha value is -2.01. The third-order valence-electron chi connectivity index (χ3n) is 2.34. The van der Waals surface area contributed by atoms with Crippen molar-refractivity contribution in [1.29, 1.82) is 0 Å². The molecule has 17 heavy (non-hydrogen) atoms. The molecule has 2 heterocycles. The van der Waals surface area contributed by atoms with Crippen LogP contribution in [0.4, 0.5) is 5.82 Å². The van der Waals surface area contributed by atoms with Gasteiger partial charge in [-0.1, -0.05) is 23.9 Å². The fourth-order valence-corrected chi connectivity index (χ4v) is 2.31. The van der Waals surface area contributed by atoms with Crippen molar-refractivity contribution in [3.8, 4) is 0 Å². The number of nitrogen functional groups attached to an aromatic ring is 1. The first-order chi connectivity index (χ1) is 8.31. The number of hydrogen-bond acceptors (Lipinski definition) is 4. The van der Waals surface area contributed by atoms with Crippen LogP contribution in [0.15, 0.2) is 52.6 Å². The molecule has 0 saturated heterocycles. The summed E-state index contributed by atoms with van der Waals surface area (Å²) < 4.78 is 0. The Morgan fingerprint density at radius 1 is 1.12 bits per heavy atom. The summed E-state index contributed by atoms with van der Waals surface area (Å²) in [7, 11) is 0. The Morgan fingerprint density at radius 2 is 2.00 bits per heavy atom. The summed E-state index contributed by atoms with van der Waals surface area (Å²) >= 11 is 1.54. The van der Waals surface area contributed by atoms with E-state index in [-0.39, 0.29) is 0 Å². The monoisotopic (exact) mass is 242 g/mol. The number of nitrogens with two attached hydrogens (primary N) is 1. The number of aromatic nitrogens is 3.